The van der Waals surface area contributed by atoms with Gasteiger partial charge in [0.1, 0.15) is 0 Å². The summed E-state index contributed by atoms with van der Waals surface area (Å²) in [5, 5.41) is 20.2. The van der Waals surface area contributed by atoms with Crippen LogP contribution in [0.5, 0.6) is 0 Å². The quantitative estimate of drug-likeness (QED) is 0.0209. The van der Waals surface area contributed by atoms with E-state index in [2.05, 4.69) is 51.7 Å². The molecule has 28 heteroatoms. The topological polar surface area (TPSA) is 370 Å². The zero-order chi connectivity index (χ0) is 55.9. The van der Waals surface area contributed by atoms with Crippen LogP contribution in [-0.4, -0.2) is 188 Å². The number of hydrogen-bond acceptors (Lipinski definition) is 19. The Balaban J connectivity index is 2.94. The van der Waals surface area contributed by atoms with Crippen molar-refractivity contribution in [2.45, 2.75) is 134 Å². The first-order valence-corrected chi connectivity index (χ1v) is 30.1. The number of ether oxygens (including phenoxy) is 3. The minimum atomic E-state index is -2.80. The number of unbranched alkanes of at least 4 members (excludes halogenated alkanes) is 7. The lowest BCUT2D eigenvalue weighted by atomic mass is 9.87. The van der Waals surface area contributed by atoms with Crippen LogP contribution in [0.4, 0.5) is 0 Å². The zero-order valence-corrected chi connectivity index (χ0v) is 46.8. The van der Waals surface area contributed by atoms with E-state index in [1.54, 1.807) is 4.90 Å². The number of nitrogens with two attached hydrogens (primary N) is 3. The zero-order valence-electron chi connectivity index (χ0n) is 45.1. The normalized spacial score (nSPS) is 15.6. The second-order valence-electron chi connectivity index (χ2n) is 18.5. The van der Waals surface area contributed by atoms with Crippen molar-refractivity contribution in [3.05, 3.63) is 0 Å². The highest BCUT2D eigenvalue weighted by Crippen LogP contribution is 2.42. The molecule has 0 aliphatic heterocycles. The highest BCUT2D eigenvalue weighted by Gasteiger charge is 2.30. The second-order valence-corrected chi connectivity index (χ2v) is 22.4. The van der Waals surface area contributed by atoms with Gasteiger partial charge in [0.05, 0.1) is 84.7 Å². The summed E-state index contributed by atoms with van der Waals surface area (Å²) >= 11 is 5.04. The third-order valence-corrected chi connectivity index (χ3v) is 12.9. The number of hydrogen-bond donors (Lipinski definition) is 11. The molecule has 2 unspecified atom stereocenters. The minimum absolute atomic E-state index is 0.0679. The molecule has 14 N–H and O–H groups in total. The molecule has 0 radical (unpaired) electrons. The standard InChI is InChI=1S/C48H94N11O15PS/c1-75(67,76)74-40-19-17-39(18-20-40)47(65)57-24-12-8-13-41(48(66)58-23-11-4-7-16-44(62)56-27-30-70-33-36-73-51)59(37-45(63)52-21-9-2-5-14-42(60)54-25-28-68-31-34-71-49)38-46(64)53-22-10-3-6-15-43(61)55-26-29-69-32-35-72-50/h39-41H,2-38,49-51H2,1H3,(H,52,63)(H,53,64)(H,54,60)(H,55,61)(H,56,62)(H,57,65)(H,58,66)(H,67,76). The average molecular weight is 1130 g/mol. The summed E-state index contributed by atoms with van der Waals surface area (Å²) in [7, 11) is 0. The van der Waals surface area contributed by atoms with E-state index < -0.39 is 12.5 Å². The van der Waals surface area contributed by atoms with Crippen molar-refractivity contribution in [1.82, 2.24) is 42.1 Å². The number of rotatable bonds is 50. The van der Waals surface area contributed by atoms with E-state index in [9.17, 15) is 38.5 Å². The molecule has 0 spiro atoms. The SMILES string of the molecule is CP(O)(=S)OC1CCC(C(=O)NCCCCC(C(=O)NCCCCCC(=O)NCCOCCON)N(CC(=O)NCCCCCC(=O)NCCOCCON)CC(=O)NCCCCCC(=O)NCCOCCON)CC1. The number of nitrogens with one attached hydrogen (secondary N) is 7. The van der Waals surface area contributed by atoms with Crippen LogP contribution in [0.1, 0.15) is 122 Å². The van der Waals surface area contributed by atoms with Gasteiger partial charge in [-0.05, 0) is 95.3 Å². The first-order chi connectivity index (χ1) is 36.7. The fraction of sp³-hybridized carbons (Fsp3) is 0.854. The van der Waals surface area contributed by atoms with Crippen LogP contribution in [0, 0.1) is 5.92 Å². The van der Waals surface area contributed by atoms with Crippen molar-refractivity contribution in [3.8, 4) is 0 Å². The van der Waals surface area contributed by atoms with Gasteiger partial charge in [-0.2, -0.15) is 0 Å². The van der Waals surface area contributed by atoms with Crippen molar-refractivity contribution in [3.63, 3.8) is 0 Å². The van der Waals surface area contributed by atoms with E-state index in [1.165, 1.54) is 6.66 Å². The highest BCUT2D eigenvalue weighted by molar-refractivity contribution is 8.09. The predicted octanol–water partition coefficient (Wildman–Crippen LogP) is -0.450. The molecule has 1 aliphatic carbocycles. The summed E-state index contributed by atoms with van der Waals surface area (Å²) < 4.78 is 21.5. The number of carbonyl (C=O) groups is 7. The Kier molecular flexibility index (Phi) is 44.0. The van der Waals surface area contributed by atoms with Crippen LogP contribution in [0.3, 0.4) is 0 Å². The van der Waals surface area contributed by atoms with E-state index >= 15 is 0 Å². The van der Waals surface area contributed by atoms with E-state index in [-0.39, 0.29) is 92.7 Å². The largest absolute Gasteiger partial charge is 0.377 e. The maximum absolute atomic E-state index is 14.1. The molecular weight excluding hydrogens is 1030 g/mol. The van der Waals surface area contributed by atoms with E-state index in [0.29, 0.717) is 201 Å². The van der Waals surface area contributed by atoms with Gasteiger partial charge in [-0.25, -0.2) is 17.7 Å². The lowest BCUT2D eigenvalue weighted by Crippen LogP contribution is -2.53. The minimum Gasteiger partial charge on any atom is -0.377 e. The van der Waals surface area contributed by atoms with Gasteiger partial charge in [0.2, 0.25) is 41.4 Å². The van der Waals surface area contributed by atoms with Crippen LogP contribution >= 0.6 is 6.49 Å². The Labute approximate surface area is 454 Å². The van der Waals surface area contributed by atoms with Crippen LogP contribution < -0.4 is 54.9 Å². The Morgan fingerprint density at radius 2 is 0.882 bits per heavy atom. The summed E-state index contributed by atoms with van der Waals surface area (Å²) in [4.78, 5) is 116. The van der Waals surface area contributed by atoms with Crippen LogP contribution in [-0.2, 0) is 78.6 Å². The lowest BCUT2D eigenvalue weighted by molar-refractivity contribution is -0.132. The number of carbonyl (C=O) groups excluding carboxylic acids is 7. The Bertz CT molecular complexity index is 1580. The summed E-state index contributed by atoms with van der Waals surface area (Å²) in [5.74, 6) is 13.2. The molecule has 1 rings (SSSR count). The maximum atomic E-state index is 14.1. The van der Waals surface area contributed by atoms with Crippen LogP contribution in [0.15, 0.2) is 0 Å². The lowest BCUT2D eigenvalue weighted by Gasteiger charge is -2.30. The monoisotopic (exact) mass is 1130 g/mol. The molecule has 76 heavy (non-hydrogen) atoms. The van der Waals surface area contributed by atoms with Crippen LogP contribution in [0.2, 0.25) is 0 Å². The molecule has 0 aromatic rings. The third kappa shape index (κ3) is 41.5. The molecule has 0 aromatic heterocycles. The van der Waals surface area contributed by atoms with Crippen molar-refractivity contribution >= 4 is 59.6 Å². The molecule has 0 heterocycles. The van der Waals surface area contributed by atoms with Gasteiger partial charge in [0, 0.05) is 77.7 Å². The fourth-order valence-electron chi connectivity index (χ4n) is 7.99. The third-order valence-electron chi connectivity index (χ3n) is 12.0. The number of nitrogens with zero attached hydrogens (tertiary/aromatic N) is 1. The molecule has 1 saturated carbocycles. The molecule has 0 aromatic carbocycles. The molecule has 442 valence electrons. The molecule has 2 atom stereocenters. The molecule has 0 saturated heterocycles. The van der Waals surface area contributed by atoms with Crippen molar-refractivity contribution in [2.24, 2.45) is 23.6 Å². The first-order valence-electron chi connectivity index (χ1n) is 27.0. The Morgan fingerprint density at radius 3 is 1.29 bits per heavy atom. The van der Waals surface area contributed by atoms with Crippen molar-refractivity contribution < 1.29 is 71.7 Å². The molecule has 7 amide bonds. The first kappa shape index (κ1) is 70.5. The van der Waals surface area contributed by atoms with E-state index in [1.807, 2.05) is 0 Å². The van der Waals surface area contributed by atoms with Gasteiger partial charge >= 0.3 is 0 Å². The van der Waals surface area contributed by atoms with Crippen molar-refractivity contribution in [2.75, 3.05) is 125 Å². The average Bonchev–Trinajstić information content (AvgIpc) is 3.38. The van der Waals surface area contributed by atoms with Gasteiger partial charge in [-0.3, -0.25) is 38.5 Å². The van der Waals surface area contributed by atoms with Crippen molar-refractivity contribution in [1.29, 1.82) is 0 Å². The molecule has 1 aliphatic rings. The number of amides is 7. The molecule has 26 nitrogen and oxygen atoms in total. The summed E-state index contributed by atoms with van der Waals surface area (Å²) in [6, 6.07) is -0.882. The van der Waals surface area contributed by atoms with Gasteiger partial charge in [-0.15, -0.1) is 0 Å². The molecule has 0 bridgehead atoms. The summed E-state index contributed by atoms with van der Waals surface area (Å²) in [6.07, 6.45) is 10.2. The van der Waals surface area contributed by atoms with E-state index in [0.717, 1.165) is 0 Å². The van der Waals surface area contributed by atoms with Gasteiger partial charge in [0.25, 0.3) is 0 Å². The Hall–Kier alpha value is -3.54. The van der Waals surface area contributed by atoms with Gasteiger partial charge in [0.15, 0.2) is 6.49 Å². The Morgan fingerprint density at radius 1 is 0.500 bits per heavy atom. The molecule has 1 fully saturated rings. The predicted molar refractivity (Wildman–Crippen MR) is 288 cm³/mol. The second kappa shape index (κ2) is 47.5. The van der Waals surface area contributed by atoms with Crippen LogP contribution in [0.25, 0.3) is 0 Å². The van der Waals surface area contributed by atoms with E-state index in [4.69, 9.17) is 48.2 Å². The fourth-order valence-corrected chi connectivity index (χ4v) is 9.12. The van der Waals surface area contributed by atoms with Gasteiger partial charge in [-0.1, -0.05) is 19.3 Å². The smallest absolute Gasteiger partial charge is 0.237 e. The van der Waals surface area contributed by atoms with Gasteiger partial charge < -0.3 is 75.4 Å². The highest BCUT2D eigenvalue weighted by atomic mass is 32.5. The molecular formula is C48H94N11O15PS. The summed E-state index contributed by atoms with van der Waals surface area (Å²) in [6.45, 7) is 3.38. The summed E-state index contributed by atoms with van der Waals surface area (Å²) in [5.41, 5.74) is 0. The maximum Gasteiger partial charge on any atom is 0.237 e.